The Morgan fingerprint density at radius 3 is 2.56 bits per heavy atom. The number of hydrogen-bond donors (Lipinski definition) is 1. The van der Waals surface area contributed by atoms with Gasteiger partial charge in [-0.05, 0) is 49.5 Å². The summed E-state index contributed by atoms with van der Waals surface area (Å²) in [7, 11) is 1.63. The number of nitrogens with zero attached hydrogens (tertiary/aromatic N) is 2. The van der Waals surface area contributed by atoms with Crippen molar-refractivity contribution < 1.29 is 9.47 Å². The van der Waals surface area contributed by atoms with Gasteiger partial charge in [-0.2, -0.15) is 0 Å². The molecule has 0 unspecified atom stereocenters. The molecular formula is C20H24ClN3O2S. The second-order valence-electron chi connectivity index (χ2n) is 6.15. The summed E-state index contributed by atoms with van der Waals surface area (Å²) in [6.07, 6.45) is 0. The summed E-state index contributed by atoms with van der Waals surface area (Å²) >= 11 is 11.7. The summed E-state index contributed by atoms with van der Waals surface area (Å²) in [5.74, 6) is 1.64. The molecule has 0 aromatic heterocycles. The summed E-state index contributed by atoms with van der Waals surface area (Å²) in [6.45, 7) is 6.07. The van der Waals surface area contributed by atoms with Crippen molar-refractivity contribution in [1.82, 2.24) is 4.90 Å². The number of halogens is 1. The smallest absolute Gasteiger partial charge is 0.173 e. The van der Waals surface area contributed by atoms with Crippen molar-refractivity contribution in [1.29, 1.82) is 0 Å². The quantitative estimate of drug-likeness (QED) is 0.749. The number of nitrogens with one attached hydrogen (secondary N) is 1. The molecule has 0 radical (unpaired) electrons. The number of hydrogen-bond acceptors (Lipinski definition) is 4. The first-order chi connectivity index (χ1) is 13.1. The Balaban J connectivity index is 1.63. The van der Waals surface area contributed by atoms with Gasteiger partial charge in [-0.25, -0.2) is 0 Å². The normalized spacial score (nSPS) is 14.0. The minimum atomic E-state index is 0.637. The number of piperazine rings is 1. The summed E-state index contributed by atoms with van der Waals surface area (Å²) in [5.41, 5.74) is 1.91. The molecule has 1 aliphatic heterocycles. The zero-order valence-corrected chi connectivity index (χ0v) is 17.1. The van der Waals surface area contributed by atoms with Crippen molar-refractivity contribution in [2.45, 2.75) is 6.92 Å². The van der Waals surface area contributed by atoms with Gasteiger partial charge in [-0.15, -0.1) is 0 Å². The van der Waals surface area contributed by atoms with Crippen molar-refractivity contribution in [3.05, 3.63) is 47.5 Å². The Bertz CT molecular complexity index is 795. The van der Waals surface area contributed by atoms with E-state index in [1.807, 2.05) is 37.3 Å². The van der Waals surface area contributed by atoms with Crippen LogP contribution < -0.4 is 19.7 Å². The molecule has 144 valence electrons. The van der Waals surface area contributed by atoms with Gasteiger partial charge in [-0.1, -0.05) is 23.7 Å². The highest BCUT2D eigenvalue weighted by atomic mass is 35.5. The number of methoxy groups -OCH3 is 1. The molecule has 0 atom stereocenters. The van der Waals surface area contributed by atoms with Crippen LogP contribution in [-0.4, -0.2) is 49.9 Å². The Kier molecular flexibility index (Phi) is 6.63. The third kappa shape index (κ3) is 4.76. The van der Waals surface area contributed by atoms with Crippen LogP contribution in [0.1, 0.15) is 6.92 Å². The number of rotatable bonds is 5. The standard InChI is InChI=1S/C20H24ClN3O2S/c1-3-26-19-7-5-4-6-17(19)23-10-12-24(13-11-23)20(27)22-16-14-15(21)8-9-18(16)25-2/h4-9,14H,3,10-13H2,1-2H3,(H,22,27). The molecule has 0 spiro atoms. The number of thiocarbonyl (C=S) groups is 1. The van der Waals surface area contributed by atoms with Gasteiger partial charge >= 0.3 is 0 Å². The summed E-state index contributed by atoms with van der Waals surface area (Å²) in [6, 6.07) is 13.6. The Morgan fingerprint density at radius 1 is 1.11 bits per heavy atom. The predicted octanol–water partition coefficient (Wildman–Crippen LogP) is 4.27. The van der Waals surface area contributed by atoms with Gasteiger partial charge in [0.2, 0.25) is 0 Å². The minimum absolute atomic E-state index is 0.637. The molecule has 3 rings (SSSR count). The average Bonchev–Trinajstić information content (AvgIpc) is 2.69. The SMILES string of the molecule is CCOc1ccccc1N1CCN(C(=S)Nc2cc(Cl)ccc2OC)CC1. The molecule has 1 N–H and O–H groups in total. The second kappa shape index (κ2) is 9.15. The minimum Gasteiger partial charge on any atom is -0.495 e. The first-order valence-corrected chi connectivity index (χ1v) is 9.77. The fraction of sp³-hybridized carbons (Fsp3) is 0.350. The van der Waals surface area contributed by atoms with Crippen LogP contribution >= 0.6 is 23.8 Å². The van der Waals surface area contributed by atoms with E-state index in [1.165, 1.54) is 0 Å². The third-order valence-corrected chi connectivity index (χ3v) is 5.07. The molecule has 1 heterocycles. The molecule has 2 aromatic rings. The summed E-state index contributed by atoms with van der Waals surface area (Å²) < 4.78 is 11.1. The van der Waals surface area contributed by atoms with Crippen LogP contribution in [0.4, 0.5) is 11.4 Å². The third-order valence-electron chi connectivity index (χ3n) is 4.48. The zero-order valence-electron chi connectivity index (χ0n) is 15.6. The first-order valence-electron chi connectivity index (χ1n) is 8.98. The molecule has 2 aromatic carbocycles. The zero-order chi connectivity index (χ0) is 19.2. The maximum absolute atomic E-state index is 6.10. The lowest BCUT2D eigenvalue weighted by atomic mass is 10.2. The van der Waals surface area contributed by atoms with Crippen molar-refractivity contribution in [2.24, 2.45) is 0 Å². The lowest BCUT2D eigenvalue weighted by Crippen LogP contribution is -2.50. The molecule has 1 fully saturated rings. The Hall–Kier alpha value is -2.18. The lowest BCUT2D eigenvalue weighted by molar-refractivity contribution is 0.336. The van der Waals surface area contributed by atoms with Gasteiger partial charge in [0.15, 0.2) is 5.11 Å². The first kappa shape index (κ1) is 19.6. The van der Waals surface area contributed by atoms with E-state index in [-0.39, 0.29) is 0 Å². The van der Waals surface area contributed by atoms with Crippen molar-refractivity contribution in [3.8, 4) is 11.5 Å². The molecular weight excluding hydrogens is 382 g/mol. The Labute approximate surface area is 170 Å². The number of para-hydroxylation sites is 2. The highest BCUT2D eigenvalue weighted by molar-refractivity contribution is 7.80. The molecule has 27 heavy (non-hydrogen) atoms. The molecule has 0 bridgehead atoms. The van der Waals surface area contributed by atoms with Crippen LogP contribution in [0, 0.1) is 0 Å². The van der Waals surface area contributed by atoms with E-state index in [0.29, 0.717) is 22.5 Å². The van der Waals surface area contributed by atoms with Crippen LogP contribution in [0.3, 0.4) is 0 Å². The van der Waals surface area contributed by atoms with E-state index < -0.39 is 0 Å². The number of anilines is 2. The largest absolute Gasteiger partial charge is 0.495 e. The average molecular weight is 406 g/mol. The molecule has 5 nitrogen and oxygen atoms in total. The van der Waals surface area contributed by atoms with Crippen molar-refractivity contribution in [2.75, 3.05) is 50.1 Å². The van der Waals surface area contributed by atoms with Crippen molar-refractivity contribution >= 4 is 40.3 Å². The lowest BCUT2D eigenvalue weighted by Gasteiger charge is -2.38. The maximum Gasteiger partial charge on any atom is 0.173 e. The van der Waals surface area contributed by atoms with Crippen LogP contribution in [0.5, 0.6) is 11.5 Å². The number of benzene rings is 2. The van der Waals surface area contributed by atoms with Gasteiger partial charge in [0.1, 0.15) is 11.5 Å². The summed E-state index contributed by atoms with van der Waals surface area (Å²) in [4.78, 5) is 4.50. The summed E-state index contributed by atoms with van der Waals surface area (Å²) in [5, 5.41) is 4.57. The molecule has 1 aliphatic rings. The van der Waals surface area contributed by atoms with Gasteiger partial charge in [0.25, 0.3) is 0 Å². The fourth-order valence-corrected chi connectivity index (χ4v) is 3.58. The highest BCUT2D eigenvalue weighted by Crippen LogP contribution is 2.30. The van der Waals surface area contributed by atoms with E-state index in [2.05, 4.69) is 21.2 Å². The predicted molar refractivity (Wildman–Crippen MR) is 116 cm³/mol. The monoisotopic (exact) mass is 405 g/mol. The highest BCUT2D eigenvalue weighted by Gasteiger charge is 2.21. The molecule has 1 saturated heterocycles. The van der Waals surface area contributed by atoms with Gasteiger partial charge in [0, 0.05) is 31.2 Å². The topological polar surface area (TPSA) is 37.0 Å². The van der Waals surface area contributed by atoms with Crippen LogP contribution in [0.15, 0.2) is 42.5 Å². The van der Waals surface area contributed by atoms with Crippen LogP contribution in [-0.2, 0) is 0 Å². The van der Waals surface area contributed by atoms with E-state index in [4.69, 9.17) is 33.3 Å². The van der Waals surface area contributed by atoms with Gasteiger partial charge in [0.05, 0.1) is 25.1 Å². The Morgan fingerprint density at radius 2 is 1.85 bits per heavy atom. The molecule has 0 aliphatic carbocycles. The van der Waals surface area contributed by atoms with Gasteiger partial charge < -0.3 is 24.6 Å². The van der Waals surface area contributed by atoms with E-state index in [1.54, 1.807) is 13.2 Å². The maximum atomic E-state index is 6.10. The second-order valence-corrected chi connectivity index (χ2v) is 6.97. The molecule has 0 amide bonds. The fourth-order valence-electron chi connectivity index (χ4n) is 3.12. The van der Waals surface area contributed by atoms with E-state index in [0.717, 1.165) is 43.3 Å². The van der Waals surface area contributed by atoms with Crippen LogP contribution in [0.25, 0.3) is 0 Å². The van der Waals surface area contributed by atoms with Crippen LogP contribution in [0.2, 0.25) is 5.02 Å². The number of ether oxygens (including phenoxy) is 2. The van der Waals surface area contributed by atoms with E-state index in [9.17, 15) is 0 Å². The molecule has 7 heteroatoms. The van der Waals surface area contributed by atoms with Crippen molar-refractivity contribution in [3.63, 3.8) is 0 Å². The van der Waals surface area contributed by atoms with Gasteiger partial charge in [-0.3, -0.25) is 0 Å². The molecule has 0 saturated carbocycles. The van der Waals surface area contributed by atoms with E-state index >= 15 is 0 Å².